The van der Waals surface area contributed by atoms with Gasteiger partial charge in [0.25, 0.3) is 5.91 Å². The fourth-order valence-electron chi connectivity index (χ4n) is 2.38. The zero-order valence-electron chi connectivity index (χ0n) is 14.4. The molecule has 0 spiro atoms. The van der Waals surface area contributed by atoms with Crippen molar-refractivity contribution in [3.8, 4) is 23.0 Å². The third-order valence-corrected chi connectivity index (χ3v) is 4.32. The number of rotatable bonds is 5. The second kappa shape index (κ2) is 7.93. The van der Waals surface area contributed by atoms with Crippen LogP contribution in [-0.4, -0.2) is 20.2 Å². The molecular weight excluding hydrogens is 379 g/mol. The van der Waals surface area contributed by atoms with Gasteiger partial charge in [-0.3, -0.25) is 15.1 Å². The third-order valence-electron chi connectivity index (χ3n) is 3.69. The van der Waals surface area contributed by atoms with E-state index >= 15 is 0 Å². The van der Waals surface area contributed by atoms with Crippen LogP contribution in [0.3, 0.4) is 0 Å². The van der Waals surface area contributed by atoms with Crippen LogP contribution < -0.4 is 10.1 Å². The number of carbonyl (C=O) groups excluding carboxylic acids is 1. The average Bonchev–Trinajstić information content (AvgIpc) is 3.19. The fourth-order valence-corrected chi connectivity index (χ4v) is 2.96. The van der Waals surface area contributed by atoms with Gasteiger partial charge in [-0.25, -0.2) is 4.39 Å². The monoisotopic (exact) mass is 392 g/mol. The molecule has 0 aliphatic carbocycles. The van der Waals surface area contributed by atoms with Gasteiger partial charge in [0, 0.05) is 23.3 Å². The maximum absolute atomic E-state index is 13.0. The molecule has 4 aromatic rings. The zero-order chi connectivity index (χ0) is 19.3. The van der Waals surface area contributed by atoms with Crippen molar-refractivity contribution in [1.82, 2.24) is 14.3 Å². The SMILES string of the molecule is O=C(Nc1nc(-c2ccccn2)ns1)c1cccc(Oc2ccc(F)cc2)c1. The first kappa shape index (κ1) is 17.7. The Hall–Kier alpha value is -3.65. The Morgan fingerprint density at radius 1 is 1.00 bits per heavy atom. The van der Waals surface area contributed by atoms with Crippen LogP contribution in [0.1, 0.15) is 10.4 Å². The van der Waals surface area contributed by atoms with E-state index in [0.29, 0.717) is 33.7 Å². The van der Waals surface area contributed by atoms with Crippen molar-refractivity contribution < 1.29 is 13.9 Å². The lowest BCUT2D eigenvalue weighted by Gasteiger charge is -2.07. The summed E-state index contributed by atoms with van der Waals surface area (Å²) in [6.45, 7) is 0. The highest BCUT2D eigenvalue weighted by atomic mass is 32.1. The van der Waals surface area contributed by atoms with E-state index in [1.165, 1.54) is 24.3 Å². The zero-order valence-corrected chi connectivity index (χ0v) is 15.2. The summed E-state index contributed by atoms with van der Waals surface area (Å²) in [7, 11) is 0. The van der Waals surface area contributed by atoms with E-state index in [2.05, 4.69) is 19.7 Å². The number of nitrogens with one attached hydrogen (secondary N) is 1. The number of hydrogen-bond donors (Lipinski definition) is 1. The summed E-state index contributed by atoms with van der Waals surface area (Å²) < 4.78 is 22.9. The van der Waals surface area contributed by atoms with Gasteiger partial charge in [-0.05, 0) is 54.6 Å². The van der Waals surface area contributed by atoms with Gasteiger partial charge in [0.15, 0.2) is 5.82 Å². The van der Waals surface area contributed by atoms with Crippen molar-refractivity contribution in [2.75, 3.05) is 5.32 Å². The van der Waals surface area contributed by atoms with E-state index in [-0.39, 0.29) is 11.7 Å². The number of carbonyl (C=O) groups is 1. The second-order valence-electron chi connectivity index (χ2n) is 5.68. The van der Waals surface area contributed by atoms with Gasteiger partial charge in [-0.1, -0.05) is 12.1 Å². The molecule has 0 bridgehead atoms. The van der Waals surface area contributed by atoms with Gasteiger partial charge < -0.3 is 4.74 Å². The Labute approximate surface area is 163 Å². The largest absolute Gasteiger partial charge is 0.457 e. The van der Waals surface area contributed by atoms with Crippen LogP contribution in [0.15, 0.2) is 72.9 Å². The molecular formula is C20H13FN4O2S. The fraction of sp³-hybridized carbons (Fsp3) is 0. The molecule has 0 saturated heterocycles. The first-order valence-corrected chi connectivity index (χ1v) is 9.05. The number of hydrogen-bond acceptors (Lipinski definition) is 6. The van der Waals surface area contributed by atoms with Crippen molar-refractivity contribution in [3.05, 3.63) is 84.3 Å². The van der Waals surface area contributed by atoms with Gasteiger partial charge in [0.1, 0.15) is 23.0 Å². The molecule has 2 heterocycles. The highest BCUT2D eigenvalue weighted by molar-refractivity contribution is 7.10. The molecule has 0 unspecified atom stereocenters. The first-order valence-electron chi connectivity index (χ1n) is 8.27. The summed E-state index contributed by atoms with van der Waals surface area (Å²) in [5.74, 6) is 0.707. The number of halogens is 1. The highest BCUT2D eigenvalue weighted by Crippen LogP contribution is 2.24. The summed E-state index contributed by atoms with van der Waals surface area (Å²) in [4.78, 5) is 21.0. The molecule has 0 aliphatic heterocycles. The first-order chi connectivity index (χ1) is 13.7. The van der Waals surface area contributed by atoms with Gasteiger partial charge in [-0.15, -0.1) is 0 Å². The predicted octanol–water partition coefficient (Wildman–Crippen LogP) is 4.78. The van der Waals surface area contributed by atoms with Gasteiger partial charge >= 0.3 is 0 Å². The normalized spacial score (nSPS) is 10.5. The molecule has 2 aromatic heterocycles. The lowest BCUT2D eigenvalue weighted by molar-refractivity contribution is 0.102. The van der Waals surface area contributed by atoms with Gasteiger partial charge in [0.2, 0.25) is 5.13 Å². The van der Waals surface area contributed by atoms with E-state index in [9.17, 15) is 9.18 Å². The highest BCUT2D eigenvalue weighted by Gasteiger charge is 2.12. The quantitative estimate of drug-likeness (QED) is 0.529. The van der Waals surface area contributed by atoms with Crippen LogP contribution in [-0.2, 0) is 0 Å². The average molecular weight is 392 g/mol. The number of nitrogens with zero attached hydrogens (tertiary/aromatic N) is 3. The molecule has 1 amide bonds. The van der Waals surface area contributed by atoms with Gasteiger partial charge in [0.05, 0.1) is 0 Å². The van der Waals surface area contributed by atoms with Crippen LogP contribution in [0.4, 0.5) is 9.52 Å². The maximum Gasteiger partial charge on any atom is 0.257 e. The number of anilines is 1. The van der Waals surface area contributed by atoms with E-state index in [4.69, 9.17) is 4.74 Å². The number of amides is 1. The second-order valence-corrected chi connectivity index (χ2v) is 6.43. The van der Waals surface area contributed by atoms with E-state index in [1.54, 1.807) is 42.6 Å². The Kier molecular flexibility index (Phi) is 5.03. The van der Waals surface area contributed by atoms with E-state index in [0.717, 1.165) is 11.5 Å². The van der Waals surface area contributed by atoms with Crippen LogP contribution in [0.25, 0.3) is 11.5 Å². The Morgan fingerprint density at radius 2 is 1.86 bits per heavy atom. The smallest absolute Gasteiger partial charge is 0.257 e. The van der Waals surface area contributed by atoms with E-state index < -0.39 is 0 Å². The standard InChI is InChI=1S/C20H13FN4O2S/c21-14-7-9-15(10-8-14)27-16-5-3-4-13(12-16)19(26)24-20-23-18(25-28-20)17-6-1-2-11-22-17/h1-12H,(H,23,24,25,26). The number of benzene rings is 2. The molecule has 0 aliphatic rings. The van der Waals surface area contributed by atoms with E-state index in [1.807, 2.05) is 6.07 Å². The molecule has 0 atom stereocenters. The molecule has 0 saturated carbocycles. The lowest BCUT2D eigenvalue weighted by atomic mass is 10.2. The topological polar surface area (TPSA) is 77.0 Å². The molecule has 8 heteroatoms. The number of pyridine rings is 1. The Bertz CT molecular complexity index is 1100. The maximum atomic E-state index is 13.0. The Morgan fingerprint density at radius 3 is 2.64 bits per heavy atom. The lowest BCUT2D eigenvalue weighted by Crippen LogP contribution is -2.11. The molecule has 28 heavy (non-hydrogen) atoms. The minimum Gasteiger partial charge on any atom is -0.457 e. The predicted molar refractivity (Wildman–Crippen MR) is 104 cm³/mol. The van der Waals surface area contributed by atoms with Crippen molar-refractivity contribution in [2.24, 2.45) is 0 Å². The summed E-state index contributed by atoms with van der Waals surface area (Å²) in [5.41, 5.74) is 1.03. The number of aromatic nitrogens is 3. The van der Waals surface area contributed by atoms with Crippen molar-refractivity contribution in [3.63, 3.8) is 0 Å². The molecule has 6 nitrogen and oxygen atoms in total. The minimum absolute atomic E-state index is 0.340. The minimum atomic E-state index is -0.345. The molecule has 138 valence electrons. The molecule has 0 fully saturated rings. The summed E-state index contributed by atoms with van der Waals surface area (Å²) in [5, 5.41) is 3.09. The third kappa shape index (κ3) is 4.18. The summed E-state index contributed by atoms with van der Waals surface area (Å²) in [6, 6.07) is 17.8. The van der Waals surface area contributed by atoms with Crippen molar-refractivity contribution >= 4 is 22.6 Å². The van der Waals surface area contributed by atoms with Gasteiger partial charge in [-0.2, -0.15) is 9.36 Å². The Balaban J connectivity index is 1.46. The van der Waals surface area contributed by atoms with Crippen LogP contribution in [0.5, 0.6) is 11.5 Å². The van der Waals surface area contributed by atoms with Crippen LogP contribution in [0, 0.1) is 5.82 Å². The molecule has 1 N–H and O–H groups in total. The molecule has 0 radical (unpaired) electrons. The summed E-state index contributed by atoms with van der Waals surface area (Å²) >= 11 is 1.08. The van der Waals surface area contributed by atoms with Crippen molar-refractivity contribution in [2.45, 2.75) is 0 Å². The van der Waals surface area contributed by atoms with Crippen molar-refractivity contribution in [1.29, 1.82) is 0 Å². The number of ether oxygens (including phenoxy) is 1. The van der Waals surface area contributed by atoms with Crippen LogP contribution in [0.2, 0.25) is 0 Å². The molecule has 2 aromatic carbocycles. The molecule has 4 rings (SSSR count). The van der Waals surface area contributed by atoms with Crippen LogP contribution >= 0.6 is 11.5 Å². The summed E-state index contributed by atoms with van der Waals surface area (Å²) in [6.07, 6.45) is 1.65.